The molecule has 1 N–H and O–H groups in total. The van der Waals surface area contributed by atoms with E-state index >= 15 is 0 Å². The zero-order valence-corrected chi connectivity index (χ0v) is 12.0. The summed E-state index contributed by atoms with van der Waals surface area (Å²) in [5, 5.41) is 2.98. The van der Waals surface area contributed by atoms with E-state index in [0.29, 0.717) is 6.42 Å². The molecule has 2 aromatic carbocycles. The second-order valence-electron chi connectivity index (χ2n) is 4.95. The van der Waals surface area contributed by atoms with Crippen molar-refractivity contribution in [2.45, 2.75) is 12.8 Å². The molecule has 0 bridgehead atoms. The van der Waals surface area contributed by atoms with Gasteiger partial charge in [-0.2, -0.15) is 0 Å². The van der Waals surface area contributed by atoms with Crippen molar-refractivity contribution in [1.82, 2.24) is 0 Å². The first-order valence-corrected chi connectivity index (χ1v) is 6.77. The van der Waals surface area contributed by atoms with Gasteiger partial charge in [0.1, 0.15) is 0 Å². The number of carbonyl (C=O) groups excluding carboxylic acids is 1. The van der Waals surface area contributed by atoms with Gasteiger partial charge in [-0.25, -0.2) is 0 Å². The van der Waals surface area contributed by atoms with Crippen LogP contribution >= 0.6 is 0 Å². The van der Waals surface area contributed by atoms with Crippen molar-refractivity contribution in [1.29, 1.82) is 0 Å². The summed E-state index contributed by atoms with van der Waals surface area (Å²) in [4.78, 5) is 14.0. The fourth-order valence-electron chi connectivity index (χ4n) is 2.08. The van der Waals surface area contributed by atoms with Crippen molar-refractivity contribution < 1.29 is 4.79 Å². The molecular weight excluding hydrogens is 248 g/mol. The first kappa shape index (κ1) is 14.1. The average Bonchev–Trinajstić information content (AvgIpc) is 2.46. The van der Waals surface area contributed by atoms with Crippen LogP contribution in [-0.4, -0.2) is 20.0 Å². The molecule has 104 valence electrons. The lowest BCUT2D eigenvalue weighted by molar-refractivity contribution is -0.116. The molecule has 0 aliphatic rings. The predicted molar refractivity (Wildman–Crippen MR) is 84.2 cm³/mol. The van der Waals surface area contributed by atoms with Crippen molar-refractivity contribution >= 4 is 17.3 Å². The zero-order valence-electron chi connectivity index (χ0n) is 12.0. The highest BCUT2D eigenvalue weighted by molar-refractivity contribution is 5.94. The Morgan fingerprint density at radius 3 is 2.35 bits per heavy atom. The van der Waals surface area contributed by atoms with E-state index in [1.54, 1.807) is 0 Å². The number of hydrogen-bond acceptors (Lipinski definition) is 2. The van der Waals surface area contributed by atoms with Crippen LogP contribution in [0.15, 0.2) is 54.6 Å². The fourth-order valence-corrected chi connectivity index (χ4v) is 2.08. The molecule has 0 aliphatic heterocycles. The van der Waals surface area contributed by atoms with Crippen LogP contribution < -0.4 is 10.2 Å². The van der Waals surface area contributed by atoms with Gasteiger partial charge in [-0.3, -0.25) is 4.79 Å². The van der Waals surface area contributed by atoms with E-state index in [1.165, 1.54) is 5.56 Å². The van der Waals surface area contributed by atoms with Crippen LogP contribution in [0.5, 0.6) is 0 Å². The van der Waals surface area contributed by atoms with Crippen molar-refractivity contribution in [3.05, 3.63) is 60.2 Å². The third-order valence-corrected chi connectivity index (χ3v) is 3.14. The zero-order chi connectivity index (χ0) is 14.4. The summed E-state index contributed by atoms with van der Waals surface area (Å²) in [5.74, 6) is 0.0446. The maximum atomic E-state index is 12.0. The Balaban J connectivity index is 1.95. The molecule has 0 aliphatic carbocycles. The summed E-state index contributed by atoms with van der Waals surface area (Å²) in [6.07, 6.45) is 1.25. The average molecular weight is 268 g/mol. The highest BCUT2D eigenvalue weighted by Gasteiger charge is 2.07. The first-order valence-electron chi connectivity index (χ1n) is 6.77. The number of aryl methyl sites for hydroxylation is 1. The van der Waals surface area contributed by atoms with Crippen molar-refractivity contribution in [2.24, 2.45) is 0 Å². The molecule has 0 fully saturated rings. The van der Waals surface area contributed by atoms with E-state index in [4.69, 9.17) is 0 Å². The summed E-state index contributed by atoms with van der Waals surface area (Å²) in [5.41, 5.74) is 3.06. The van der Waals surface area contributed by atoms with Crippen LogP contribution in [0.1, 0.15) is 12.0 Å². The van der Waals surface area contributed by atoms with Gasteiger partial charge in [-0.15, -0.1) is 0 Å². The summed E-state index contributed by atoms with van der Waals surface area (Å²) >= 11 is 0. The first-order chi connectivity index (χ1) is 9.66. The van der Waals surface area contributed by atoms with Crippen molar-refractivity contribution in [3.63, 3.8) is 0 Å². The standard InChI is InChI=1S/C17H20N2O/c1-19(2)16-11-7-6-10-15(16)18-17(20)13-12-14-8-4-3-5-9-14/h3-11H,12-13H2,1-2H3,(H,18,20). The molecule has 0 saturated carbocycles. The number of carbonyl (C=O) groups is 1. The molecule has 0 aromatic heterocycles. The lowest BCUT2D eigenvalue weighted by Gasteiger charge is -2.17. The molecule has 20 heavy (non-hydrogen) atoms. The second-order valence-corrected chi connectivity index (χ2v) is 4.95. The minimum absolute atomic E-state index is 0.0446. The van der Waals surface area contributed by atoms with Crippen LogP contribution in [0.2, 0.25) is 0 Å². The third-order valence-electron chi connectivity index (χ3n) is 3.14. The number of nitrogens with one attached hydrogen (secondary N) is 1. The highest BCUT2D eigenvalue weighted by atomic mass is 16.1. The maximum Gasteiger partial charge on any atom is 0.224 e. The van der Waals surface area contributed by atoms with Crippen LogP contribution in [0.3, 0.4) is 0 Å². The number of nitrogens with zero attached hydrogens (tertiary/aromatic N) is 1. The Morgan fingerprint density at radius 1 is 1.00 bits per heavy atom. The van der Waals surface area contributed by atoms with E-state index in [-0.39, 0.29) is 5.91 Å². The summed E-state index contributed by atoms with van der Waals surface area (Å²) in [7, 11) is 3.93. The molecule has 0 heterocycles. The third kappa shape index (κ3) is 3.85. The molecule has 0 atom stereocenters. The molecule has 0 spiro atoms. The topological polar surface area (TPSA) is 32.3 Å². The lowest BCUT2D eigenvalue weighted by Crippen LogP contribution is -2.16. The highest BCUT2D eigenvalue weighted by Crippen LogP contribution is 2.23. The number of hydrogen-bond donors (Lipinski definition) is 1. The van der Waals surface area contributed by atoms with Gasteiger partial charge in [0.2, 0.25) is 5.91 Å². The molecule has 0 saturated heterocycles. The fraction of sp³-hybridized carbons (Fsp3) is 0.235. The monoisotopic (exact) mass is 268 g/mol. The van der Waals surface area contributed by atoms with E-state index in [9.17, 15) is 4.79 Å². The number of anilines is 2. The Labute approximate surface area is 120 Å². The van der Waals surface area contributed by atoms with Crippen LogP contribution in [0, 0.1) is 0 Å². The maximum absolute atomic E-state index is 12.0. The second kappa shape index (κ2) is 6.75. The van der Waals surface area contributed by atoms with E-state index < -0.39 is 0 Å². The normalized spacial score (nSPS) is 10.1. The van der Waals surface area contributed by atoms with Crippen molar-refractivity contribution in [2.75, 3.05) is 24.3 Å². The van der Waals surface area contributed by atoms with Gasteiger partial charge in [0.15, 0.2) is 0 Å². The van der Waals surface area contributed by atoms with Gasteiger partial charge in [0.25, 0.3) is 0 Å². The minimum Gasteiger partial charge on any atom is -0.376 e. The van der Waals surface area contributed by atoms with E-state index in [2.05, 4.69) is 5.32 Å². The number of rotatable bonds is 5. The molecule has 0 radical (unpaired) electrons. The van der Waals surface area contributed by atoms with E-state index in [1.807, 2.05) is 73.6 Å². The molecule has 3 nitrogen and oxygen atoms in total. The van der Waals surface area contributed by atoms with Crippen LogP contribution in [0.4, 0.5) is 11.4 Å². The minimum atomic E-state index is 0.0446. The molecule has 2 rings (SSSR count). The van der Waals surface area contributed by atoms with Gasteiger partial charge in [0, 0.05) is 20.5 Å². The Morgan fingerprint density at radius 2 is 1.65 bits per heavy atom. The summed E-state index contributed by atoms with van der Waals surface area (Å²) in [6, 6.07) is 17.9. The Kier molecular flexibility index (Phi) is 4.77. The van der Waals surface area contributed by atoms with Gasteiger partial charge >= 0.3 is 0 Å². The van der Waals surface area contributed by atoms with Gasteiger partial charge in [-0.05, 0) is 24.1 Å². The van der Waals surface area contributed by atoms with Gasteiger partial charge < -0.3 is 10.2 Å². The predicted octanol–water partition coefficient (Wildman–Crippen LogP) is 3.32. The van der Waals surface area contributed by atoms with Gasteiger partial charge in [-0.1, -0.05) is 42.5 Å². The molecule has 2 aromatic rings. The largest absolute Gasteiger partial charge is 0.376 e. The van der Waals surface area contributed by atoms with Crippen molar-refractivity contribution in [3.8, 4) is 0 Å². The molecule has 1 amide bonds. The summed E-state index contributed by atoms with van der Waals surface area (Å²) < 4.78 is 0. The number of benzene rings is 2. The Hall–Kier alpha value is -2.29. The number of amides is 1. The molecule has 0 unspecified atom stereocenters. The van der Waals surface area contributed by atoms with Gasteiger partial charge in [0.05, 0.1) is 11.4 Å². The SMILES string of the molecule is CN(C)c1ccccc1NC(=O)CCc1ccccc1. The van der Waals surface area contributed by atoms with Crippen LogP contribution in [0.25, 0.3) is 0 Å². The number of para-hydroxylation sites is 2. The summed E-state index contributed by atoms with van der Waals surface area (Å²) in [6.45, 7) is 0. The quantitative estimate of drug-likeness (QED) is 0.902. The molecule has 3 heteroatoms. The Bertz CT molecular complexity index is 564. The van der Waals surface area contributed by atoms with E-state index in [0.717, 1.165) is 17.8 Å². The van der Waals surface area contributed by atoms with Crippen LogP contribution in [-0.2, 0) is 11.2 Å². The molecular formula is C17H20N2O. The smallest absolute Gasteiger partial charge is 0.224 e. The lowest BCUT2D eigenvalue weighted by atomic mass is 10.1.